The predicted octanol–water partition coefficient (Wildman–Crippen LogP) is 15.6. The summed E-state index contributed by atoms with van der Waals surface area (Å²) >= 11 is 1.86. The average molecular weight is 823 g/mol. The Hall–Kier alpha value is -8.19. The fourth-order valence-electron chi connectivity index (χ4n) is 9.38. The Morgan fingerprint density at radius 1 is 0.381 bits per heavy atom. The number of rotatable bonds is 6. The molecule has 0 saturated carbocycles. The molecule has 5 nitrogen and oxygen atoms in total. The van der Waals surface area contributed by atoms with Crippen LogP contribution in [0.15, 0.2) is 211 Å². The molecular formula is C57H34N4OS. The molecule has 0 radical (unpaired) electrons. The van der Waals surface area contributed by atoms with Crippen LogP contribution in [0.3, 0.4) is 0 Å². The maximum atomic E-state index is 7.18. The molecule has 0 N–H and O–H groups in total. The van der Waals surface area contributed by atoms with Gasteiger partial charge in [0.05, 0.1) is 15.7 Å². The van der Waals surface area contributed by atoms with Crippen molar-refractivity contribution in [1.29, 1.82) is 0 Å². The highest BCUT2D eigenvalue weighted by atomic mass is 32.1. The Labute approximate surface area is 365 Å². The molecule has 0 aliphatic carbocycles. The zero-order valence-corrected chi connectivity index (χ0v) is 34.6. The first-order chi connectivity index (χ1) is 31.2. The Kier molecular flexibility index (Phi) is 8.01. The van der Waals surface area contributed by atoms with Crippen LogP contribution in [0.25, 0.3) is 126 Å². The van der Waals surface area contributed by atoms with Gasteiger partial charge in [0, 0.05) is 70.5 Å². The Bertz CT molecular complexity index is 3830. The molecule has 0 bridgehead atoms. The summed E-state index contributed by atoms with van der Waals surface area (Å²) in [7, 11) is 0. The molecule has 13 rings (SSSR count). The van der Waals surface area contributed by atoms with Gasteiger partial charge in [-0.1, -0.05) is 164 Å². The number of furan rings is 1. The van der Waals surface area contributed by atoms with Crippen LogP contribution in [0, 0.1) is 0 Å². The van der Waals surface area contributed by atoms with E-state index in [0.717, 1.165) is 66.6 Å². The molecule has 294 valence electrons. The number of para-hydroxylation sites is 3. The van der Waals surface area contributed by atoms with Gasteiger partial charge in [-0.3, -0.25) is 0 Å². The SMILES string of the molecule is c1ccc(-c2nc(-c3ccccc3)nc(-c3ccc(-c4ccccc4)c4oc5c(-c6ccc7sc8c(ccc9c%10ccccc%10n(-c%10ccccc%10)c98)c7c6)cccc5c34)n2)cc1. The van der Waals surface area contributed by atoms with Gasteiger partial charge in [0.2, 0.25) is 0 Å². The van der Waals surface area contributed by atoms with Gasteiger partial charge < -0.3 is 8.98 Å². The molecule has 4 aromatic heterocycles. The number of hydrogen-bond donors (Lipinski definition) is 0. The Morgan fingerprint density at radius 2 is 0.968 bits per heavy atom. The zero-order chi connectivity index (χ0) is 41.4. The first-order valence-electron chi connectivity index (χ1n) is 21.1. The van der Waals surface area contributed by atoms with Gasteiger partial charge in [0.25, 0.3) is 0 Å². The minimum absolute atomic E-state index is 0.589. The first kappa shape index (κ1) is 35.6. The van der Waals surface area contributed by atoms with E-state index < -0.39 is 0 Å². The number of benzene rings is 9. The number of thiophene rings is 1. The Morgan fingerprint density at radius 3 is 1.70 bits per heavy atom. The van der Waals surface area contributed by atoms with Crippen molar-refractivity contribution in [3.8, 4) is 62.1 Å². The molecule has 6 heteroatoms. The summed E-state index contributed by atoms with van der Waals surface area (Å²) in [4.78, 5) is 15.3. The van der Waals surface area contributed by atoms with Gasteiger partial charge in [-0.2, -0.15) is 0 Å². The Balaban J connectivity index is 1.05. The van der Waals surface area contributed by atoms with Crippen molar-refractivity contribution in [2.24, 2.45) is 0 Å². The van der Waals surface area contributed by atoms with E-state index in [4.69, 9.17) is 19.4 Å². The minimum Gasteiger partial charge on any atom is -0.455 e. The molecule has 0 atom stereocenters. The van der Waals surface area contributed by atoms with Crippen LogP contribution in [-0.2, 0) is 0 Å². The fourth-order valence-corrected chi connectivity index (χ4v) is 10.6. The zero-order valence-electron chi connectivity index (χ0n) is 33.7. The van der Waals surface area contributed by atoms with Gasteiger partial charge in [0.15, 0.2) is 17.5 Å². The third-order valence-electron chi connectivity index (χ3n) is 12.3. The summed E-state index contributed by atoms with van der Waals surface area (Å²) in [5.74, 6) is 1.82. The number of fused-ring (bicyclic) bond motifs is 10. The molecule has 0 aliphatic rings. The van der Waals surface area contributed by atoms with Gasteiger partial charge in [-0.25, -0.2) is 15.0 Å². The summed E-state index contributed by atoms with van der Waals surface area (Å²) in [6.45, 7) is 0. The number of nitrogens with zero attached hydrogens (tertiary/aromatic N) is 4. The fraction of sp³-hybridized carbons (Fsp3) is 0. The molecule has 0 aliphatic heterocycles. The highest BCUT2D eigenvalue weighted by molar-refractivity contribution is 7.26. The van der Waals surface area contributed by atoms with Gasteiger partial charge in [0.1, 0.15) is 11.2 Å². The summed E-state index contributed by atoms with van der Waals surface area (Å²) in [5, 5.41) is 6.96. The molecule has 63 heavy (non-hydrogen) atoms. The van der Waals surface area contributed by atoms with Crippen LogP contribution in [0.5, 0.6) is 0 Å². The van der Waals surface area contributed by atoms with Crippen molar-refractivity contribution >= 4 is 75.3 Å². The number of hydrogen-bond acceptors (Lipinski definition) is 5. The van der Waals surface area contributed by atoms with E-state index in [1.807, 2.05) is 78.1 Å². The highest BCUT2D eigenvalue weighted by Crippen LogP contribution is 2.47. The lowest BCUT2D eigenvalue weighted by Crippen LogP contribution is -2.00. The molecular weight excluding hydrogens is 789 g/mol. The molecule has 9 aromatic carbocycles. The lowest BCUT2D eigenvalue weighted by molar-refractivity contribution is 0.671. The monoisotopic (exact) mass is 822 g/mol. The number of aromatic nitrogens is 4. The van der Waals surface area contributed by atoms with Crippen LogP contribution in [0.4, 0.5) is 0 Å². The summed E-state index contributed by atoms with van der Waals surface area (Å²) in [5.41, 5.74) is 12.2. The molecule has 0 fully saturated rings. The largest absolute Gasteiger partial charge is 0.455 e. The molecule has 4 heterocycles. The molecule has 0 saturated heterocycles. The standard InChI is InChI=1S/C57H34N4OS/c1-5-16-35(17-6-1)41-29-32-46(57-59-55(36-18-7-2-8-19-36)58-56(60-57)37-20-9-3-10-21-37)50-45-26-15-25-40(52(45)62-53(41)50)38-28-33-49-47(34-38)44-31-30-43-42-24-13-14-27-48(42)61(51(43)54(44)63-49)39-22-11-4-12-23-39/h1-34H. The lowest BCUT2D eigenvalue weighted by Gasteiger charge is -2.10. The van der Waals surface area contributed by atoms with Crippen molar-refractivity contribution in [1.82, 2.24) is 19.5 Å². The second kappa shape index (κ2) is 14.2. The van der Waals surface area contributed by atoms with Crippen molar-refractivity contribution in [2.45, 2.75) is 0 Å². The summed E-state index contributed by atoms with van der Waals surface area (Å²) in [6.07, 6.45) is 0. The molecule has 0 amide bonds. The van der Waals surface area contributed by atoms with Crippen molar-refractivity contribution in [2.75, 3.05) is 0 Å². The third-order valence-corrected chi connectivity index (χ3v) is 13.5. The maximum absolute atomic E-state index is 7.18. The lowest BCUT2D eigenvalue weighted by atomic mass is 9.96. The normalized spacial score (nSPS) is 11.8. The van der Waals surface area contributed by atoms with E-state index >= 15 is 0 Å². The smallest absolute Gasteiger partial charge is 0.164 e. The van der Waals surface area contributed by atoms with Crippen LogP contribution in [0.2, 0.25) is 0 Å². The first-order valence-corrected chi connectivity index (χ1v) is 21.9. The van der Waals surface area contributed by atoms with Gasteiger partial charge >= 0.3 is 0 Å². The van der Waals surface area contributed by atoms with Gasteiger partial charge in [-0.05, 0) is 53.6 Å². The molecule has 0 spiro atoms. The van der Waals surface area contributed by atoms with E-state index in [-0.39, 0.29) is 0 Å². The molecule has 0 unspecified atom stereocenters. The van der Waals surface area contributed by atoms with Crippen LogP contribution in [0.1, 0.15) is 0 Å². The predicted molar refractivity (Wildman–Crippen MR) is 262 cm³/mol. The van der Waals surface area contributed by atoms with E-state index in [1.165, 1.54) is 42.0 Å². The van der Waals surface area contributed by atoms with E-state index in [0.29, 0.717) is 17.5 Å². The van der Waals surface area contributed by atoms with Crippen molar-refractivity contribution in [3.63, 3.8) is 0 Å². The van der Waals surface area contributed by atoms with Crippen LogP contribution in [-0.4, -0.2) is 19.5 Å². The second-order valence-corrected chi connectivity index (χ2v) is 16.9. The van der Waals surface area contributed by atoms with Crippen LogP contribution < -0.4 is 0 Å². The van der Waals surface area contributed by atoms with E-state index in [2.05, 4.69) is 144 Å². The summed E-state index contributed by atoms with van der Waals surface area (Å²) < 4.78 is 12.1. The van der Waals surface area contributed by atoms with Crippen molar-refractivity contribution in [3.05, 3.63) is 206 Å². The summed E-state index contributed by atoms with van der Waals surface area (Å²) in [6, 6.07) is 72.4. The quantitative estimate of drug-likeness (QED) is 0.168. The van der Waals surface area contributed by atoms with Gasteiger partial charge in [-0.15, -0.1) is 11.3 Å². The minimum atomic E-state index is 0.589. The van der Waals surface area contributed by atoms with E-state index in [9.17, 15) is 0 Å². The van der Waals surface area contributed by atoms with Crippen LogP contribution >= 0.6 is 11.3 Å². The third kappa shape index (κ3) is 5.66. The highest BCUT2D eigenvalue weighted by Gasteiger charge is 2.23. The average Bonchev–Trinajstić information content (AvgIpc) is 4.05. The second-order valence-electron chi connectivity index (χ2n) is 15.9. The van der Waals surface area contributed by atoms with E-state index in [1.54, 1.807) is 0 Å². The topological polar surface area (TPSA) is 56.7 Å². The molecule has 13 aromatic rings. The van der Waals surface area contributed by atoms with Crippen molar-refractivity contribution < 1.29 is 4.42 Å². The maximum Gasteiger partial charge on any atom is 0.164 e.